The van der Waals surface area contributed by atoms with Gasteiger partial charge in [0.05, 0.1) is 10.6 Å². The van der Waals surface area contributed by atoms with Gasteiger partial charge in [-0.3, -0.25) is 0 Å². The summed E-state index contributed by atoms with van der Waals surface area (Å²) in [6.07, 6.45) is 1.76. The molecular formula is C16H16O2S. The maximum Gasteiger partial charge on any atom is 0.181 e. The van der Waals surface area contributed by atoms with Gasteiger partial charge in [0.25, 0.3) is 0 Å². The standard InChI is InChI=1S/C16H16O2S/c1-14(15-8-4-2-5-9-15)12-13-19(17,18)16-10-6-3-7-11-16/h2-12H,13H2,1H3/b14-12+. The van der Waals surface area contributed by atoms with Gasteiger partial charge in [-0.05, 0) is 30.2 Å². The van der Waals surface area contributed by atoms with Crippen molar-refractivity contribution in [3.63, 3.8) is 0 Å². The Morgan fingerprint density at radius 2 is 1.47 bits per heavy atom. The molecule has 98 valence electrons. The van der Waals surface area contributed by atoms with E-state index in [1.807, 2.05) is 43.3 Å². The van der Waals surface area contributed by atoms with Crippen LogP contribution in [-0.4, -0.2) is 14.2 Å². The van der Waals surface area contributed by atoms with Crippen LogP contribution in [0.15, 0.2) is 71.6 Å². The van der Waals surface area contributed by atoms with Crippen molar-refractivity contribution in [2.45, 2.75) is 11.8 Å². The van der Waals surface area contributed by atoms with Gasteiger partial charge in [-0.1, -0.05) is 54.6 Å². The van der Waals surface area contributed by atoms with Crippen LogP contribution in [0, 0.1) is 0 Å². The van der Waals surface area contributed by atoms with Crippen LogP contribution in [0.25, 0.3) is 5.57 Å². The highest BCUT2D eigenvalue weighted by molar-refractivity contribution is 7.91. The Hall–Kier alpha value is -1.87. The molecule has 0 aliphatic heterocycles. The van der Waals surface area contributed by atoms with Crippen LogP contribution in [0.1, 0.15) is 12.5 Å². The summed E-state index contributed by atoms with van der Waals surface area (Å²) in [5, 5.41) is 0. The number of sulfone groups is 1. The van der Waals surface area contributed by atoms with E-state index < -0.39 is 9.84 Å². The summed E-state index contributed by atoms with van der Waals surface area (Å²) in [6, 6.07) is 18.3. The maximum atomic E-state index is 12.1. The van der Waals surface area contributed by atoms with Gasteiger partial charge >= 0.3 is 0 Å². The zero-order valence-corrected chi connectivity index (χ0v) is 11.6. The summed E-state index contributed by atoms with van der Waals surface area (Å²) in [7, 11) is -3.24. The van der Waals surface area contributed by atoms with Crippen molar-refractivity contribution in [1.29, 1.82) is 0 Å². The fourth-order valence-corrected chi connectivity index (χ4v) is 3.01. The van der Waals surface area contributed by atoms with Gasteiger partial charge in [-0.15, -0.1) is 0 Å². The van der Waals surface area contributed by atoms with Crippen molar-refractivity contribution in [3.8, 4) is 0 Å². The molecule has 0 saturated heterocycles. The summed E-state index contributed by atoms with van der Waals surface area (Å²) < 4.78 is 24.2. The van der Waals surface area contributed by atoms with E-state index in [9.17, 15) is 8.42 Å². The van der Waals surface area contributed by atoms with Crippen LogP contribution in [0.3, 0.4) is 0 Å². The van der Waals surface area contributed by atoms with E-state index in [1.165, 1.54) is 0 Å². The first-order chi connectivity index (χ1) is 9.09. The third-order valence-electron chi connectivity index (χ3n) is 2.94. The minimum atomic E-state index is -3.24. The fraction of sp³-hybridized carbons (Fsp3) is 0.125. The Balaban J connectivity index is 2.19. The van der Waals surface area contributed by atoms with E-state index >= 15 is 0 Å². The Morgan fingerprint density at radius 3 is 2.05 bits per heavy atom. The molecule has 0 aromatic heterocycles. The predicted octanol–water partition coefficient (Wildman–Crippen LogP) is 3.56. The molecule has 0 unspecified atom stereocenters. The predicted molar refractivity (Wildman–Crippen MR) is 78.6 cm³/mol. The topological polar surface area (TPSA) is 34.1 Å². The van der Waals surface area contributed by atoms with Crippen molar-refractivity contribution in [2.24, 2.45) is 0 Å². The second-order valence-electron chi connectivity index (χ2n) is 4.35. The zero-order chi connectivity index (χ0) is 13.7. The molecule has 0 spiro atoms. The molecule has 0 aliphatic rings. The second kappa shape index (κ2) is 5.85. The first-order valence-corrected chi connectivity index (χ1v) is 7.75. The van der Waals surface area contributed by atoms with Gasteiger partial charge < -0.3 is 0 Å². The molecule has 0 N–H and O–H groups in total. The van der Waals surface area contributed by atoms with Crippen LogP contribution in [-0.2, 0) is 9.84 Å². The average Bonchev–Trinajstić information content (AvgIpc) is 2.47. The van der Waals surface area contributed by atoms with Crippen LogP contribution in [0.5, 0.6) is 0 Å². The van der Waals surface area contributed by atoms with Crippen molar-refractivity contribution < 1.29 is 8.42 Å². The summed E-state index contributed by atoms with van der Waals surface area (Å²) in [5.41, 5.74) is 2.02. The average molecular weight is 272 g/mol. The maximum absolute atomic E-state index is 12.1. The van der Waals surface area contributed by atoms with Gasteiger partial charge in [-0.25, -0.2) is 8.42 Å². The monoisotopic (exact) mass is 272 g/mol. The number of hydrogen-bond acceptors (Lipinski definition) is 2. The lowest BCUT2D eigenvalue weighted by Crippen LogP contribution is -2.04. The van der Waals surface area contributed by atoms with Crippen LogP contribution >= 0.6 is 0 Å². The molecule has 19 heavy (non-hydrogen) atoms. The third-order valence-corrected chi connectivity index (χ3v) is 4.54. The van der Waals surface area contributed by atoms with Gasteiger partial charge in [0.2, 0.25) is 0 Å². The molecule has 0 amide bonds. The first kappa shape index (κ1) is 13.6. The number of hydrogen-bond donors (Lipinski definition) is 0. The number of benzene rings is 2. The molecule has 0 fully saturated rings. The summed E-state index contributed by atoms with van der Waals surface area (Å²) in [4.78, 5) is 0.368. The lowest BCUT2D eigenvalue weighted by Gasteiger charge is -2.03. The largest absolute Gasteiger partial charge is 0.223 e. The van der Waals surface area contributed by atoms with Gasteiger partial charge in [-0.2, -0.15) is 0 Å². The van der Waals surface area contributed by atoms with Crippen molar-refractivity contribution >= 4 is 15.4 Å². The minimum absolute atomic E-state index is 0.0255. The van der Waals surface area contributed by atoms with Gasteiger partial charge in [0.1, 0.15) is 0 Å². The summed E-state index contributed by atoms with van der Waals surface area (Å²) in [6.45, 7) is 1.93. The molecule has 2 nitrogen and oxygen atoms in total. The Labute approximate surface area is 114 Å². The smallest absolute Gasteiger partial charge is 0.181 e. The molecular weight excluding hydrogens is 256 g/mol. The molecule has 0 saturated carbocycles. The van der Waals surface area contributed by atoms with E-state index in [1.54, 1.807) is 30.3 Å². The first-order valence-electron chi connectivity index (χ1n) is 6.09. The minimum Gasteiger partial charge on any atom is -0.223 e. The van der Waals surface area contributed by atoms with Gasteiger partial charge in [0, 0.05) is 0 Å². The van der Waals surface area contributed by atoms with Crippen LogP contribution in [0.2, 0.25) is 0 Å². The lowest BCUT2D eigenvalue weighted by molar-refractivity contribution is 0.599. The molecule has 0 heterocycles. The highest BCUT2D eigenvalue weighted by Gasteiger charge is 2.11. The van der Waals surface area contributed by atoms with Crippen LogP contribution < -0.4 is 0 Å². The van der Waals surface area contributed by atoms with E-state index in [4.69, 9.17) is 0 Å². The fourth-order valence-electron chi connectivity index (χ4n) is 1.78. The third kappa shape index (κ3) is 3.55. The molecule has 2 rings (SSSR count). The molecule has 3 heteroatoms. The second-order valence-corrected chi connectivity index (χ2v) is 6.38. The summed E-state index contributed by atoms with van der Waals surface area (Å²) >= 11 is 0. The molecule has 0 aliphatic carbocycles. The van der Waals surface area contributed by atoms with E-state index in [0.29, 0.717) is 4.90 Å². The Morgan fingerprint density at radius 1 is 0.947 bits per heavy atom. The van der Waals surface area contributed by atoms with E-state index in [-0.39, 0.29) is 5.75 Å². The number of rotatable bonds is 4. The Bertz CT molecular complexity index is 656. The SMILES string of the molecule is C/C(=C\CS(=O)(=O)c1ccccc1)c1ccccc1. The van der Waals surface area contributed by atoms with E-state index in [0.717, 1.165) is 11.1 Å². The normalized spacial score (nSPS) is 12.4. The summed E-state index contributed by atoms with van der Waals surface area (Å²) in [5.74, 6) is 0.0255. The van der Waals surface area contributed by atoms with Crippen molar-refractivity contribution in [1.82, 2.24) is 0 Å². The molecule has 2 aromatic carbocycles. The quantitative estimate of drug-likeness (QED) is 0.852. The zero-order valence-electron chi connectivity index (χ0n) is 10.8. The van der Waals surface area contributed by atoms with Crippen molar-refractivity contribution in [2.75, 3.05) is 5.75 Å². The number of allylic oxidation sites excluding steroid dienone is 1. The molecule has 0 bridgehead atoms. The van der Waals surface area contributed by atoms with Gasteiger partial charge in [0.15, 0.2) is 9.84 Å². The molecule has 0 radical (unpaired) electrons. The molecule has 2 aromatic rings. The van der Waals surface area contributed by atoms with E-state index in [2.05, 4.69) is 0 Å². The highest BCUT2D eigenvalue weighted by atomic mass is 32.2. The van der Waals surface area contributed by atoms with Crippen LogP contribution in [0.4, 0.5) is 0 Å². The Kier molecular flexibility index (Phi) is 4.17. The lowest BCUT2D eigenvalue weighted by atomic mass is 10.1. The highest BCUT2D eigenvalue weighted by Crippen LogP contribution is 2.15. The molecule has 0 atom stereocenters. The van der Waals surface area contributed by atoms with Crippen molar-refractivity contribution in [3.05, 3.63) is 72.3 Å².